The highest BCUT2D eigenvalue weighted by Gasteiger charge is 2.33. The average molecular weight is 316 g/mol. The highest BCUT2D eigenvalue weighted by Crippen LogP contribution is 2.30. The monoisotopic (exact) mass is 315 g/mol. The molecule has 0 aliphatic heterocycles. The quantitative estimate of drug-likeness (QED) is 0.908. The second kappa shape index (κ2) is 6.62. The first-order valence-corrected chi connectivity index (χ1v) is 7.32. The first-order valence-electron chi connectivity index (χ1n) is 6.94. The van der Waals surface area contributed by atoms with Gasteiger partial charge in [-0.3, -0.25) is 4.79 Å². The lowest BCUT2D eigenvalue weighted by Gasteiger charge is -2.28. The van der Waals surface area contributed by atoms with Gasteiger partial charge in [0.1, 0.15) is 11.6 Å². The van der Waals surface area contributed by atoms with E-state index in [4.69, 9.17) is 16.3 Å². The molecule has 0 aromatic heterocycles. The fourth-order valence-corrected chi connectivity index (χ4v) is 2.78. The second-order valence-corrected chi connectivity index (χ2v) is 5.95. The van der Waals surface area contributed by atoms with Gasteiger partial charge in [0, 0.05) is 13.6 Å². The summed E-state index contributed by atoms with van der Waals surface area (Å²) in [5.41, 5.74) is -0.780. The van der Waals surface area contributed by atoms with Crippen molar-refractivity contribution in [3.05, 3.63) is 29.0 Å². The molecule has 1 amide bonds. The first kappa shape index (κ1) is 16.0. The molecule has 1 saturated carbocycles. The fourth-order valence-electron chi connectivity index (χ4n) is 2.56. The summed E-state index contributed by atoms with van der Waals surface area (Å²) in [6.45, 7) is 0.101. The van der Waals surface area contributed by atoms with Crippen LogP contribution in [0.2, 0.25) is 5.02 Å². The molecular formula is C15H19ClFNO3. The summed E-state index contributed by atoms with van der Waals surface area (Å²) in [5.74, 6) is -0.450. The maximum atomic E-state index is 12.9. The van der Waals surface area contributed by atoms with Crippen molar-refractivity contribution in [2.75, 3.05) is 20.2 Å². The SMILES string of the molecule is CN(CC1(O)CCCC1)C(=O)COc1ccc(F)cc1Cl. The lowest BCUT2D eigenvalue weighted by molar-refractivity contribution is -0.135. The predicted octanol–water partition coefficient (Wildman–Crippen LogP) is 2.62. The standard InChI is InChI=1S/C15H19ClFNO3/c1-18(10-15(20)6-2-3-7-15)14(19)9-21-13-5-4-11(17)8-12(13)16/h4-5,8,20H,2-3,6-7,9-10H2,1H3. The van der Waals surface area contributed by atoms with E-state index in [0.29, 0.717) is 6.54 Å². The van der Waals surface area contributed by atoms with Gasteiger partial charge in [0.05, 0.1) is 10.6 Å². The van der Waals surface area contributed by atoms with Crippen LogP contribution in [0.1, 0.15) is 25.7 Å². The highest BCUT2D eigenvalue weighted by atomic mass is 35.5. The molecule has 21 heavy (non-hydrogen) atoms. The van der Waals surface area contributed by atoms with E-state index in [9.17, 15) is 14.3 Å². The number of benzene rings is 1. The molecule has 0 bridgehead atoms. The summed E-state index contributed by atoms with van der Waals surface area (Å²) >= 11 is 5.82. The Bertz CT molecular complexity index is 518. The van der Waals surface area contributed by atoms with E-state index in [0.717, 1.165) is 31.7 Å². The number of hydrogen-bond acceptors (Lipinski definition) is 3. The number of carbonyl (C=O) groups excluding carboxylic acids is 1. The van der Waals surface area contributed by atoms with Crippen molar-refractivity contribution >= 4 is 17.5 Å². The molecule has 1 aliphatic rings. The number of aliphatic hydroxyl groups is 1. The third kappa shape index (κ3) is 4.32. The fraction of sp³-hybridized carbons (Fsp3) is 0.533. The van der Waals surface area contributed by atoms with Gasteiger partial charge in [0.2, 0.25) is 0 Å². The minimum atomic E-state index is -0.780. The Morgan fingerprint density at radius 2 is 2.14 bits per heavy atom. The summed E-state index contributed by atoms with van der Waals surface area (Å²) in [5, 5.41) is 10.4. The molecule has 2 rings (SSSR count). The van der Waals surface area contributed by atoms with Crippen LogP contribution in [0.15, 0.2) is 18.2 Å². The van der Waals surface area contributed by atoms with Crippen molar-refractivity contribution in [3.8, 4) is 5.75 Å². The van der Waals surface area contributed by atoms with Crippen LogP contribution < -0.4 is 4.74 Å². The Kier molecular flexibility index (Phi) is 5.06. The van der Waals surface area contributed by atoms with Crippen LogP contribution in [0, 0.1) is 5.82 Å². The Morgan fingerprint density at radius 1 is 1.48 bits per heavy atom. The van der Waals surface area contributed by atoms with E-state index in [2.05, 4.69) is 0 Å². The van der Waals surface area contributed by atoms with Crippen LogP contribution in [-0.2, 0) is 4.79 Å². The zero-order chi connectivity index (χ0) is 15.5. The number of hydrogen-bond donors (Lipinski definition) is 1. The van der Waals surface area contributed by atoms with E-state index < -0.39 is 11.4 Å². The van der Waals surface area contributed by atoms with Crippen molar-refractivity contribution in [1.82, 2.24) is 4.90 Å². The molecule has 1 aliphatic carbocycles. The average Bonchev–Trinajstić information content (AvgIpc) is 2.83. The Labute approximate surface area is 128 Å². The normalized spacial score (nSPS) is 16.8. The maximum Gasteiger partial charge on any atom is 0.260 e. The third-order valence-electron chi connectivity index (χ3n) is 3.74. The third-order valence-corrected chi connectivity index (χ3v) is 4.03. The van der Waals surface area contributed by atoms with E-state index in [1.165, 1.54) is 17.0 Å². The molecule has 0 spiro atoms. The number of halogens is 2. The van der Waals surface area contributed by atoms with E-state index in [-0.39, 0.29) is 23.3 Å². The van der Waals surface area contributed by atoms with E-state index in [1.54, 1.807) is 7.05 Å². The van der Waals surface area contributed by atoms with Gasteiger partial charge in [0.15, 0.2) is 6.61 Å². The van der Waals surface area contributed by atoms with Crippen LogP contribution in [0.25, 0.3) is 0 Å². The number of nitrogens with zero attached hydrogens (tertiary/aromatic N) is 1. The Morgan fingerprint density at radius 3 is 2.76 bits per heavy atom. The van der Waals surface area contributed by atoms with Crippen molar-refractivity contribution in [3.63, 3.8) is 0 Å². The van der Waals surface area contributed by atoms with Crippen LogP contribution in [0.4, 0.5) is 4.39 Å². The smallest absolute Gasteiger partial charge is 0.260 e. The molecule has 6 heteroatoms. The van der Waals surface area contributed by atoms with Crippen molar-refractivity contribution in [2.24, 2.45) is 0 Å². The first-order chi connectivity index (χ1) is 9.89. The van der Waals surface area contributed by atoms with Crippen molar-refractivity contribution < 1.29 is 19.0 Å². The minimum absolute atomic E-state index is 0.125. The van der Waals surface area contributed by atoms with Gasteiger partial charge < -0.3 is 14.7 Å². The van der Waals surface area contributed by atoms with Gasteiger partial charge >= 0.3 is 0 Å². The molecule has 116 valence electrons. The molecule has 0 heterocycles. The van der Waals surface area contributed by atoms with Gasteiger partial charge in [-0.1, -0.05) is 24.4 Å². The summed E-state index contributed by atoms with van der Waals surface area (Å²) in [6.07, 6.45) is 3.41. The topological polar surface area (TPSA) is 49.8 Å². The van der Waals surface area contributed by atoms with Crippen LogP contribution in [0.5, 0.6) is 5.75 Å². The maximum absolute atomic E-state index is 12.9. The molecule has 0 radical (unpaired) electrons. The number of rotatable bonds is 5. The summed E-state index contributed by atoms with van der Waals surface area (Å²) in [4.78, 5) is 13.5. The zero-order valence-electron chi connectivity index (χ0n) is 11.9. The molecule has 1 N–H and O–H groups in total. The molecule has 4 nitrogen and oxygen atoms in total. The summed E-state index contributed by atoms with van der Waals surface area (Å²) in [6, 6.07) is 3.73. The van der Waals surface area contributed by atoms with Gasteiger partial charge in [0.25, 0.3) is 5.91 Å². The van der Waals surface area contributed by atoms with Gasteiger partial charge in [-0.05, 0) is 31.0 Å². The van der Waals surface area contributed by atoms with E-state index >= 15 is 0 Å². The molecule has 0 atom stereocenters. The van der Waals surface area contributed by atoms with Crippen LogP contribution >= 0.6 is 11.6 Å². The molecular weight excluding hydrogens is 297 g/mol. The largest absolute Gasteiger partial charge is 0.482 e. The van der Waals surface area contributed by atoms with Crippen LogP contribution in [-0.4, -0.2) is 41.7 Å². The number of ether oxygens (including phenoxy) is 1. The predicted molar refractivity (Wildman–Crippen MR) is 78.0 cm³/mol. The summed E-state index contributed by atoms with van der Waals surface area (Å²) in [7, 11) is 1.63. The molecule has 0 unspecified atom stereocenters. The minimum Gasteiger partial charge on any atom is -0.482 e. The highest BCUT2D eigenvalue weighted by molar-refractivity contribution is 6.32. The molecule has 0 saturated heterocycles. The number of carbonyl (C=O) groups is 1. The molecule has 1 aromatic rings. The summed E-state index contributed by atoms with van der Waals surface area (Å²) < 4.78 is 18.2. The second-order valence-electron chi connectivity index (χ2n) is 5.54. The van der Waals surface area contributed by atoms with Gasteiger partial charge in [-0.2, -0.15) is 0 Å². The lowest BCUT2D eigenvalue weighted by atomic mass is 10.0. The Balaban J connectivity index is 1.86. The zero-order valence-corrected chi connectivity index (χ0v) is 12.7. The van der Waals surface area contributed by atoms with Gasteiger partial charge in [-0.15, -0.1) is 0 Å². The lowest BCUT2D eigenvalue weighted by Crippen LogP contribution is -2.43. The Hall–Kier alpha value is -1.33. The van der Waals surface area contributed by atoms with Crippen molar-refractivity contribution in [1.29, 1.82) is 0 Å². The van der Waals surface area contributed by atoms with Gasteiger partial charge in [-0.25, -0.2) is 4.39 Å². The van der Waals surface area contributed by atoms with Crippen molar-refractivity contribution in [2.45, 2.75) is 31.3 Å². The molecule has 1 aromatic carbocycles. The van der Waals surface area contributed by atoms with Crippen LogP contribution in [0.3, 0.4) is 0 Å². The van der Waals surface area contributed by atoms with E-state index in [1.807, 2.05) is 0 Å². The number of amides is 1. The molecule has 1 fully saturated rings. The number of likely N-dealkylation sites (N-methyl/N-ethyl adjacent to an activating group) is 1.